The van der Waals surface area contributed by atoms with Crippen LogP contribution in [0.3, 0.4) is 0 Å². The van der Waals surface area contributed by atoms with Crippen LogP contribution in [0.5, 0.6) is 5.75 Å². The van der Waals surface area contributed by atoms with Crippen molar-refractivity contribution in [3.05, 3.63) is 78.0 Å². The number of methoxy groups -OCH3 is 1. The molecule has 0 aliphatic heterocycles. The summed E-state index contributed by atoms with van der Waals surface area (Å²) in [5.74, 6) is -0.607. The van der Waals surface area contributed by atoms with Crippen molar-refractivity contribution in [2.24, 2.45) is 0 Å². The summed E-state index contributed by atoms with van der Waals surface area (Å²) in [6.07, 6.45) is 2.04. The van der Waals surface area contributed by atoms with Crippen molar-refractivity contribution in [3.8, 4) is 5.75 Å². The van der Waals surface area contributed by atoms with Crippen LogP contribution in [-0.2, 0) is 11.2 Å². The molecule has 2 amide bonds. The molecule has 1 heterocycles. The SMILES string of the molecule is COc1ccc(CCC(=O)Nc2ccc(NC(=O)c3ccco3)cc2)cc1F. The summed E-state index contributed by atoms with van der Waals surface area (Å²) in [6.45, 7) is 0. The number of carbonyl (C=O) groups excluding carboxylic acids is 2. The fourth-order valence-electron chi connectivity index (χ4n) is 2.58. The van der Waals surface area contributed by atoms with Crippen molar-refractivity contribution in [1.82, 2.24) is 0 Å². The monoisotopic (exact) mass is 382 g/mol. The van der Waals surface area contributed by atoms with Crippen LogP contribution in [0.25, 0.3) is 0 Å². The summed E-state index contributed by atoms with van der Waals surface area (Å²) in [5, 5.41) is 5.46. The molecule has 2 aromatic carbocycles. The molecule has 0 atom stereocenters. The van der Waals surface area contributed by atoms with Gasteiger partial charge in [0.25, 0.3) is 5.91 Å². The number of ether oxygens (including phenoxy) is 1. The second kappa shape index (κ2) is 8.85. The Bertz CT molecular complexity index is 953. The van der Waals surface area contributed by atoms with Crippen LogP contribution in [-0.4, -0.2) is 18.9 Å². The van der Waals surface area contributed by atoms with Gasteiger partial charge in [-0.3, -0.25) is 9.59 Å². The number of hydrogen-bond acceptors (Lipinski definition) is 4. The quantitative estimate of drug-likeness (QED) is 0.640. The summed E-state index contributed by atoms with van der Waals surface area (Å²) >= 11 is 0. The third-order valence-corrected chi connectivity index (χ3v) is 4.03. The molecule has 0 bridgehead atoms. The first-order valence-electron chi connectivity index (χ1n) is 8.62. The lowest BCUT2D eigenvalue weighted by atomic mass is 10.1. The van der Waals surface area contributed by atoms with E-state index in [1.165, 1.54) is 25.5 Å². The first kappa shape index (κ1) is 19.2. The predicted octanol–water partition coefficient (Wildman–Crippen LogP) is 4.25. The number of rotatable bonds is 7. The Kier molecular flexibility index (Phi) is 6.06. The maximum Gasteiger partial charge on any atom is 0.291 e. The first-order chi connectivity index (χ1) is 13.5. The Morgan fingerprint density at radius 3 is 2.36 bits per heavy atom. The number of furan rings is 1. The molecule has 0 unspecified atom stereocenters. The minimum atomic E-state index is -0.451. The fraction of sp³-hybridized carbons (Fsp3) is 0.143. The molecule has 6 nitrogen and oxygen atoms in total. The number of halogens is 1. The van der Waals surface area contributed by atoms with Crippen molar-refractivity contribution in [3.63, 3.8) is 0 Å². The normalized spacial score (nSPS) is 10.4. The molecular formula is C21H19FN2O4. The molecule has 144 valence electrons. The molecule has 2 N–H and O–H groups in total. The van der Waals surface area contributed by atoms with E-state index in [2.05, 4.69) is 10.6 Å². The highest BCUT2D eigenvalue weighted by atomic mass is 19.1. The number of hydrogen-bond donors (Lipinski definition) is 2. The van der Waals surface area contributed by atoms with Gasteiger partial charge in [-0.2, -0.15) is 0 Å². The molecule has 0 aliphatic rings. The Morgan fingerprint density at radius 2 is 1.75 bits per heavy atom. The molecule has 3 rings (SSSR count). The zero-order chi connectivity index (χ0) is 19.9. The fourth-order valence-corrected chi connectivity index (χ4v) is 2.58. The highest BCUT2D eigenvalue weighted by Gasteiger charge is 2.09. The topological polar surface area (TPSA) is 80.6 Å². The zero-order valence-corrected chi connectivity index (χ0v) is 15.2. The van der Waals surface area contributed by atoms with Gasteiger partial charge in [0.1, 0.15) is 0 Å². The van der Waals surface area contributed by atoms with Gasteiger partial charge in [0.15, 0.2) is 17.3 Å². The minimum absolute atomic E-state index is 0.174. The largest absolute Gasteiger partial charge is 0.494 e. The highest BCUT2D eigenvalue weighted by molar-refractivity contribution is 6.02. The number of benzene rings is 2. The third-order valence-electron chi connectivity index (χ3n) is 4.03. The van der Waals surface area contributed by atoms with Crippen LogP contribution in [0.4, 0.5) is 15.8 Å². The van der Waals surface area contributed by atoms with Crippen molar-refractivity contribution >= 4 is 23.2 Å². The Balaban J connectivity index is 1.50. The lowest BCUT2D eigenvalue weighted by Crippen LogP contribution is -2.13. The number of anilines is 2. The molecule has 1 aromatic heterocycles. The molecule has 0 radical (unpaired) electrons. The minimum Gasteiger partial charge on any atom is -0.494 e. The number of aryl methyl sites for hydroxylation is 1. The Hall–Kier alpha value is -3.61. The lowest BCUT2D eigenvalue weighted by Gasteiger charge is -2.08. The van der Waals surface area contributed by atoms with Gasteiger partial charge in [-0.05, 0) is 60.5 Å². The third kappa shape index (κ3) is 4.97. The van der Waals surface area contributed by atoms with Gasteiger partial charge in [0, 0.05) is 17.8 Å². The van der Waals surface area contributed by atoms with E-state index in [1.807, 2.05) is 0 Å². The summed E-state index contributed by atoms with van der Waals surface area (Å²) in [7, 11) is 1.40. The van der Waals surface area contributed by atoms with E-state index in [1.54, 1.807) is 42.5 Å². The van der Waals surface area contributed by atoms with Gasteiger partial charge in [0.05, 0.1) is 13.4 Å². The zero-order valence-electron chi connectivity index (χ0n) is 15.2. The van der Waals surface area contributed by atoms with Crippen LogP contribution in [0, 0.1) is 5.82 Å². The van der Waals surface area contributed by atoms with Crippen molar-refractivity contribution in [2.45, 2.75) is 12.8 Å². The number of amides is 2. The van der Waals surface area contributed by atoms with E-state index in [-0.39, 0.29) is 29.7 Å². The number of carbonyl (C=O) groups is 2. The average Bonchev–Trinajstić information content (AvgIpc) is 3.23. The van der Waals surface area contributed by atoms with Crippen LogP contribution in [0.2, 0.25) is 0 Å². The first-order valence-corrected chi connectivity index (χ1v) is 8.62. The van der Waals surface area contributed by atoms with Crippen LogP contribution in [0.1, 0.15) is 22.5 Å². The Labute approximate surface area is 161 Å². The standard InChI is InChI=1S/C21H19FN2O4/c1-27-18-10-4-14(13-17(18)22)5-11-20(25)23-15-6-8-16(9-7-15)24-21(26)19-3-2-12-28-19/h2-4,6-10,12-13H,5,11H2,1H3,(H,23,25)(H,24,26). The van der Waals surface area contributed by atoms with Gasteiger partial charge < -0.3 is 19.8 Å². The predicted molar refractivity (Wildman–Crippen MR) is 103 cm³/mol. The maximum absolute atomic E-state index is 13.7. The lowest BCUT2D eigenvalue weighted by molar-refractivity contribution is -0.116. The van der Waals surface area contributed by atoms with Crippen molar-refractivity contribution < 1.29 is 23.1 Å². The molecule has 3 aromatic rings. The summed E-state index contributed by atoms with van der Waals surface area (Å²) in [6, 6.07) is 14.6. The molecule has 0 aliphatic carbocycles. The van der Waals surface area contributed by atoms with Crippen LogP contribution >= 0.6 is 0 Å². The molecule has 0 saturated carbocycles. The van der Waals surface area contributed by atoms with Gasteiger partial charge in [-0.1, -0.05) is 6.07 Å². The van der Waals surface area contributed by atoms with E-state index in [0.29, 0.717) is 23.4 Å². The molecule has 7 heteroatoms. The van der Waals surface area contributed by atoms with Gasteiger partial charge in [-0.15, -0.1) is 0 Å². The summed E-state index contributed by atoms with van der Waals surface area (Å²) in [5.41, 5.74) is 1.89. The Morgan fingerprint density at radius 1 is 1.04 bits per heavy atom. The molecule has 0 saturated heterocycles. The second-order valence-corrected chi connectivity index (χ2v) is 6.03. The molecule has 28 heavy (non-hydrogen) atoms. The van der Waals surface area contributed by atoms with Crippen molar-refractivity contribution in [2.75, 3.05) is 17.7 Å². The van der Waals surface area contributed by atoms with Gasteiger partial charge in [0.2, 0.25) is 5.91 Å². The maximum atomic E-state index is 13.7. The summed E-state index contributed by atoms with van der Waals surface area (Å²) in [4.78, 5) is 24.0. The van der Waals surface area contributed by atoms with Gasteiger partial charge >= 0.3 is 0 Å². The second-order valence-electron chi connectivity index (χ2n) is 6.03. The molecule has 0 fully saturated rings. The number of nitrogens with one attached hydrogen (secondary N) is 2. The van der Waals surface area contributed by atoms with E-state index < -0.39 is 5.82 Å². The molecular weight excluding hydrogens is 363 g/mol. The van der Waals surface area contributed by atoms with E-state index in [0.717, 1.165) is 0 Å². The van der Waals surface area contributed by atoms with Crippen LogP contribution < -0.4 is 15.4 Å². The highest BCUT2D eigenvalue weighted by Crippen LogP contribution is 2.19. The smallest absolute Gasteiger partial charge is 0.291 e. The molecule has 0 spiro atoms. The van der Waals surface area contributed by atoms with E-state index in [9.17, 15) is 14.0 Å². The van der Waals surface area contributed by atoms with E-state index in [4.69, 9.17) is 9.15 Å². The summed E-state index contributed by atoms with van der Waals surface area (Å²) < 4.78 is 23.6. The average molecular weight is 382 g/mol. The van der Waals surface area contributed by atoms with Crippen LogP contribution in [0.15, 0.2) is 65.3 Å². The van der Waals surface area contributed by atoms with E-state index >= 15 is 0 Å². The van der Waals surface area contributed by atoms with Gasteiger partial charge in [-0.25, -0.2) is 4.39 Å². The van der Waals surface area contributed by atoms with Crippen molar-refractivity contribution in [1.29, 1.82) is 0 Å².